The summed E-state index contributed by atoms with van der Waals surface area (Å²) in [6, 6.07) is 0. The molecule has 60 heavy (non-hydrogen) atoms. The van der Waals surface area contributed by atoms with Gasteiger partial charge in [0.25, 0.3) is 0 Å². The van der Waals surface area contributed by atoms with Crippen LogP contribution in [0.25, 0.3) is 0 Å². The van der Waals surface area contributed by atoms with Crippen molar-refractivity contribution < 1.29 is 23.8 Å². The second-order valence-electron chi connectivity index (χ2n) is 18.9. The van der Waals surface area contributed by atoms with Crippen molar-refractivity contribution >= 4 is 11.9 Å². The van der Waals surface area contributed by atoms with Crippen LogP contribution in [0, 0.1) is 0 Å². The van der Waals surface area contributed by atoms with Gasteiger partial charge in [-0.05, 0) is 19.3 Å². The van der Waals surface area contributed by atoms with E-state index in [1.165, 1.54) is 250 Å². The third-order valence-electron chi connectivity index (χ3n) is 12.6. The first-order valence-electron chi connectivity index (χ1n) is 27.6. The van der Waals surface area contributed by atoms with E-state index in [9.17, 15) is 9.59 Å². The van der Waals surface area contributed by atoms with Crippen LogP contribution in [0.1, 0.15) is 316 Å². The SMILES string of the molecule is CCCCCCCCCCCCCCCCCCCCCC(=O)OCC(COCCCCCCCCCCCCCCCCCC)OC(=O)CCCCCCCCCCC. The predicted octanol–water partition coefficient (Wildman–Crippen LogP) is 18.5. The Bertz CT molecular complexity index is 830. The van der Waals surface area contributed by atoms with E-state index >= 15 is 0 Å². The summed E-state index contributed by atoms with van der Waals surface area (Å²) < 4.78 is 17.4. The zero-order valence-corrected chi connectivity index (χ0v) is 41.3. The number of unbranched alkanes of at least 4 members (excludes halogenated alkanes) is 41. The van der Waals surface area contributed by atoms with E-state index in [1.54, 1.807) is 0 Å². The molecule has 0 bridgehead atoms. The number of hydrogen-bond acceptors (Lipinski definition) is 5. The van der Waals surface area contributed by atoms with Gasteiger partial charge in [-0.3, -0.25) is 9.59 Å². The monoisotopic (exact) mass is 849 g/mol. The van der Waals surface area contributed by atoms with Gasteiger partial charge in [-0.25, -0.2) is 0 Å². The fourth-order valence-electron chi connectivity index (χ4n) is 8.51. The summed E-state index contributed by atoms with van der Waals surface area (Å²) >= 11 is 0. The minimum atomic E-state index is -0.522. The van der Waals surface area contributed by atoms with Crippen LogP contribution >= 0.6 is 0 Å². The van der Waals surface area contributed by atoms with Crippen molar-refractivity contribution in [2.45, 2.75) is 322 Å². The summed E-state index contributed by atoms with van der Waals surface area (Å²) in [6.45, 7) is 7.90. The molecule has 0 fully saturated rings. The maximum atomic E-state index is 12.7. The van der Waals surface area contributed by atoms with Crippen LogP contribution in [0.4, 0.5) is 0 Å². The van der Waals surface area contributed by atoms with Crippen molar-refractivity contribution in [2.24, 2.45) is 0 Å². The molecule has 0 spiro atoms. The quantitative estimate of drug-likeness (QED) is 0.0451. The summed E-state index contributed by atoms with van der Waals surface area (Å²) in [5.74, 6) is -0.372. The maximum Gasteiger partial charge on any atom is 0.306 e. The number of carbonyl (C=O) groups excluding carboxylic acids is 2. The fraction of sp³-hybridized carbons (Fsp3) is 0.964. The topological polar surface area (TPSA) is 61.8 Å². The van der Waals surface area contributed by atoms with E-state index in [0.29, 0.717) is 26.1 Å². The molecule has 0 aliphatic carbocycles. The van der Waals surface area contributed by atoms with E-state index in [1.807, 2.05) is 0 Å². The Labute approximate surface area is 376 Å². The van der Waals surface area contributed by atoms with Crippen molar-refractivity contribution in [3.05, 3.63) is 0 Å². The molecule has 0 aliphatic heterocycles. The predicted molar refractivity (Wildman–Crippen MR) is 261 cm³/mol. The van der Waals surface area contributed by atoms with E-state index in [-0.39, 0.29) is 18.5 Å². The highest BCUT2D eigenvalue weighted by atomic mass is 16.6. The molecular formula is C55H108O5. The molecular weight excluding hydrogens is 741 g/mol. The molecule has 0 amide bonds. The molecule has 0 saturated carbocycles. The van der Waals surface area contributed by atoms with Crippen LogP contribution in [0.15, 0.2) is 0 Å². The zero-order valence-electron chi connectivity index (χ0n) is 41.3. The standard InChI is InChI=1S/C55H108O5/c1-4-7-10-13-16-19-21-23-25-27-28-29-30-32-34-37-39-42-45-48-54(56)59-52-53(60-55(57)49-46-43-40-36-18-15-12-9-6-3)51-58-50-47-44-41-38-35-33-31-26-24-22-20-17-14-11-8-5-2/h53H,4-52H2,1-3H3. The second-order valence-corrected chi connectivity index (χ2v) is 18.9. The minimum Gasteiger partial charge on any atom is -0.462 e. The van der Waals surface area contributed by atoms with Gasteiger partial charge in [0.1, 0.15) is 6.61 Å². The molecule has 5 heteroatoms. The molecule has 1 unspecified atom stereocenters. The Morgan fingerprint density at radius 1 is 0.300 bits per heavy atom. The average molecular weight is 849 g/mol. The van der Waals surface area contributed by atoms with Gasteiger partial charge in [-0.1, -0.05) is 284 Å². The lowest BCUT2D eigenvalue weighted by Crippen LogP contribution is -2.30. The third kappa shape index (κ3) is 49.6. The van der Waals surface area contributed by atoms with Crippen molar-refractivity contribution in [1.82, 2.24) is 0 Å². The summed E-state index contributed by atoms with van der Waals surface area (Å²) in [7, 11) is 0. The molecule has 0 radical (unpaired) electrons. The largest absolute Gasteiger partial charge is 0.462 e. The van der Waals surface area contributed by atoms with Crippen LogP contribution in [-0.4, -0.2) is 37.9 Å². The highest BCUT2D eigenvalue weighted by molar-refractivity contribution is 5.70. The minimum absolute atomic E-state index is 0.0976. The van der Waals surface area contributed by atoms with Gasteiger partial charge >= 0.3 is 11.9 Å². The van der Waals surface area contributed by atoms with Crippen molar-refractivity contribution in [3.63, 3.8) is 0 Å². The Hall–Kier alpha value is -1.10. The van der Waals surface area contributed by atoms with E-state index in [4.69, 9.17) is 14.2 Å². The van der Waals surface area contributed by atoms with Gasteiger partial charge in [-0.15, -0.1) is 0 Å². The van der Waals surface area contributed by atoms with Crippen molar-refractivity contribution in [1.29, 1.82) is 0 Å². The van der Waals surface area contributed by atoms with E-state index in [2.05, 4.69) is 20.8 Å². The lowest BCUT2D eigenvalue weighted by atomic mass is 10.0. The molecule has 358 valence electrons. The summed E-state index contributed by atoms with van der Waals surface area (Å²) in [4.78, 5) is 25.3. The highest BCUT2D eigenvalue weighted by Crippen LogP contribution is 2.17. The van der Waals surface area contributed by atoms with Gasteiger partial charge in [0.15, 0.2) is 6.10 Å². The first-order chi connectivity index (χ1) is 29.6. The second kappa shape index (κ2) is 52.2. The van der Waals surface area contributed by atoms with Gasteiger partial charge in [0, 0.05) is 19.4 Å². The van der Waals surface area contributed by atoms with Crippen LogP contribution in [0.5, 0.6) is 0 Å². The molecule has 0 N–H and O–H groups in total. The third-order valence-corrected chi connectivity index (χ3v) is 12.6. The van der Waals surface area contributed by atoms with Crippen molar-refractivity contribution in [2.75, 3.05) is 19.8 Å². The summed E-state index contributed by atoms with van der Waals surface area (Å²) in [6.07, 6.45) is 58.4. The Morgan fingerprint density at radius 2 is 0.550 bits per heavy atom. The summed E-state index contributed by atoms with van der Waals surface area (Å²) in [5, 5.41) is 0. The van der Waals surface area contributed by atoms with Crippen molar-refractivity contribution in [3.8, 4) is 0 Å². The number of ether oxygens (including phenoxy) is 3. The summed E-state index contributed by atoms with van der Waals surface area (Å²) in [5.41, 5.74) is 0. The maximum absolute atomic E-state index is 12.7. The zero-order chi connectivity index (χ0) is 43.5. The number of hydrogen-bond donors (Lipinski definition) is 0. The normalized spacial score (nSPS) is 12.0. The number of rotatable bonds is 52. The average Bonchev–Trinajstić information content (AvgIpc) is 3.25. The van der Waals surface area contributed by atoms with Gasteiger partial charge in [0.2, 0.25) is 0 Å². The van der Waals surface area contributed by atoms with E-state index < -0.39 is 6.10 Å². The molecule has 0 saturated heterocycles. The smallest absolute Gasteiger partial charge is 0.306 e. The molecule has 0 heterocycles. The molecule has 0 aromatic carbocycles. The highest BCUT2D eigenvalue weighted by Gasteiger charge is 2.17. The number of esters is 2. The lowest BCUT2D eigenvalue weighted by Gasteiger charge is -2.18. The molecule has 5 nitrogen and oxygen atoms in total. The molecule has 0 aromatic heterocycles. The van der Waals surface area contributed by atoms with Gasteiger partial charge < -0.3 is 14.2 Å². The lowest BCUT2D eigenvalue weighted by molar-refractivity contribution is -0.163. The Morgan fingerprint density at radius 3 is 0.850 bits per heavy atom. The van der Waals surface area contributed by atoms with Crippen LogP contribution in [0.3, 0.4) is 0 Å². The first-order valence-corrected chi connectivity index (χ1v) is 27.6. The Kier molecular flexibility index (Phi) is 51.3. The van der Waals surface area contributed by atoms with Gasteiger partial charge in [0.05, 0.1) is 6.61 Å². The van der Waals surface area contributed by atoms with E-state index in [0.717, 1.165) is 32.1 Å². The first kappa shape index (κ1) is 58.9. The fourth-order valence-corrected chi connectivity index (χ4v) is 8.51. The number of carbonyl (C=O) groups is 2. The van der Waals surface area contributed by atoms with Crippen LogP contribution in [-0.2, 0) is 23.8 Å². The van der Waals surface area contributed by atoms with Crippen LogP contribution in [0.2, 0.25) is 0 Å². The Balaban J connectivity index is 4.07. The molecule has 0 aromatic rings. The molecule has 0 aliphatic rings. The van der Waals surface area contributed by atoms with Gasteiger partial charge in [-0.2, -0.15) is 0 Å². The van der Waals surface area contributed by atoms with Crippen LogP contribution < -0.4 is 0 Å². The molecule has 1 atom stereocenters. The molecule has 0 rings (SSSR count).